The lowest BCUT2D eigenvalue weighted by Crippen LogP contribution is -2.35. The molecular weight excluding hydrogens is 426 g/mol. The molecule has 6 nitrogen and oxygen atoms in total. The van der Waals surface area contributed by atoms with E-state index in [1.165, 1.54) is 11.1 Å². The summed E-state index contributed by atoms with van der Waals surface area (Å²) in [5, 5.41) is 4.10. The minimum Gasteiger partial charge on any atom is -0.497 e. The third-order valence-electron chi connectivity index (χ3n) is 5.75. The summed E-state index contributed by atoms with van der Waals surface area (Å²) < 4.78 is 10.7. The minimum absolute atomic E-state index is 0.134. The Hall–Kier alpha value is -3.93. The average Bonchev–Trinajstić information content (AvgIpc) is 3.37. The summed E-state index contributed by atoms with van der Waals surface area (Å²) in [6.45, 7) is 1.18. The molecule has 0 N–H and O–H groups in total. The van der Waals surface area contributed by atoms with Crippen LogP contribution in [0.5, 0.6) is 5.75 Å². The molecule has 1 aromatic heterocycles. The maximum absolute atomic E-state index is 13.1. The van der Waals surface area contributed by atoms with Gasteiger partial charge in [0.2, 0.25) is 17.6 Å². The van der Waals surface area contributed by atoms with Crippen LogP contribution in [0.15, 0.2) is 89.5 Å². The van der Waals surface area contributed by atoms with Gasteiger partial charge in [-0.05, 0) is 48.2 Å². The van der Waals surface area contributed by atoms with Crippen LogP contribution >= 0.6 is 0 Å². The van der Waals surface area contributed by atoms with Gasteiger partial charge in [0.1, 0.15) is 5.75 Å². The minimum atomic E-state index is 0.134. The normalized spacial score (nSPS) is 10.7. The van der Waals surface area contributed by atoms with E-state index in [9.17, 15) is 4.79 Å². The van der Waals surface area contributed by atoms with E-state index in [4.69, 9.17) is 9.26 Å². The number of carbonyl (C=O) groups is 1. The number of nitrogens with zero attached hydrogens (tertiary/aromatic N) is 3. The Balaban J connectivity index is 1.38. The molecule has 0 saturated heterocycles. The first-order valence-electron chi connectivity index (χ1n) is 11.5. The molecule has 174 valence electrons. The average molecular weight is 456 g/mol. The zero-order valence-corrected chi connectivity index (χ0v) is 19.4. The Morgan fingerprint density at radius 1 is 0.824 bits per heavy atom. The molecule has 0 unspecified atom stereocenters. The second-order valence-electron chi connectivity index (χ2n) is 8.09. The second kappa shape index (κ2) is 11.8. The topological polar surface area (TPSA) is 68.5 Å². The number of hydrogen-bond acceptors (Lipinski definition) is 5. The molecule has 0 fully saturated rings. The Kier molecular flexibility index (Phi) is 8.06. The molecule has 0 bridgehead atoms. The summed E-state index contributed by atoms with van der Waals surface area (Å²) in [6.07, 6.45) is 2.51. The summed E-state index contributed by atoms with van der Waals surface area (Å²) in [6, 6.07) is 27.9. The van der Waals surface area contributed by atoms with E-state index in [2.05, 4.69) is 34.4 Å². The number of ether oxygens (including phenoxy) is 1. The maximum atomic E-state index is 13.1. The predicted octanol–water partition coefficient (Wildman–Crippen LogP) is 4.99. The van der Waals surface area contributed by atoms with Crippen molar-refractivity contribution in [3.05, 3.63) is 102 Å². The number of hydrogen-bond donors (Lipinski definition) is 0. The van der Waals surface area contributed by atoms with Crippen molar-refractivity contribution < 1.29 is 14.1 Å². The monoisotopic (exact) mass is 455 g/mol. The fraction of sp³-hybridized carbons (Fsp3) is 0.250. The smallest absolute Gasteiger partial charge is 0.228 e. The van der Waals surface area contributed by atoms with Crippen molar-refractivity contribution in [1.82, 2.24) is 15.0 Å². The van der Waals surface area contributed by atoms with Crippen LogP contribution in [0.25, 0.3) is 11.4 Å². The third kappa shape index (κ3) is 6.54. The molecule has 0 aliphatic carbocycles. The molecule has 0 aliphatic heterocycles. The molecule has 4 aromatic rings. The highest BCUT2D eigenvalue weighted by atomic mass is 16.5. The second-order valence-corrected chi connectivity index (χ2v) is 8.09. The molecule has 1 amide bonds. The maximum Gasteiger partial charge on any atom is 0.228 e. The van der Waals surface area contributed by atoms with Crippen LogP contribution < -0.4 is 4.74 Å². The lowest BCUT2D eigenvalue weighted by Gasteiger charge is -2.22. The fourth-order valence-corrected chi connectivity index (χ4v) is 3.77. The summed E-state index contributed by atoms with van der Waals surface area (Å²) in [5.74, 6) is 1.96. The molecule has 0 radical (unpaired) electrons. The van der Waals surface area contributed by atoms with Crippen LogP contribution in [0.1, 0.15) is 23.4 Å². The van der Waals surface area contributed by atoms with E-state index in [0.29, 0.717) is 37.6 Å². The molecule has 4 rings (SSSR count). The highest BCUT2D eigenvalue weighted by Crippen LogP contribution is 2.20. The molecule has 0 spiro atoms. The Bertz CT molecular complexity index is 1160. The first-order valence-corrected chi connectivity index (χ1v) is 11.5. The van der Waals surface area contributed by atoms with Crippen LogP contribution in [0.3, 0.4) is 0 Å². The zero-order chi connectivity index (χ0) is 23.6. The van der Waals surface area contributed by atoms with Gasteiger partial charge in [-0.1, -0.05) is 65.8 Å². The molecule has 1 heterocycles. The summed E-state index contributed by atoms with van der Waals surface area (Å²) >= 11 is 0. The quantitative estimate of drug-likeness (QED) is 0.319. The molecule has 0 saturated carbocycles. The molecule has 0 atom stereocenters. The highest BCUT2D eigenvalue weighted by molar-refractivity contribution is 5.76. The van der Waals surface area contributed by atoms with Crippen LogP contribution in [0.4, 0.5) is 0 Å². The van der Waals surface area contributed by atoms with E-state index in [-0.39, 0.29) is 5.91 Å². The highest BCUT2D eigenvalue weighted by Gasteiger charge is 2.16. The third-order valence-corrected chi connectivity index (χ3v) is 5.75. The van der Waals surface area contributed by atoms with Crippen molar-refractivity contribution in [2.45, 2.75) is 25.7 Å². The van der Waals surface area contributed by atoms with E-state index in [0.717, 1.165) is 24.2 Å². The Morgan fingerprint density at radius 3 is 2.09 bits per heavy atom. The van der Waals surface area contributed by atoms with E-state index in [1.807, 2.05) is 65.6 Å². The Morgan fingerprint density at radius 2 is 1.44 bits per heavy atom. The van der Waals surface area contributed by atoms with E-state index >= 15 is 0 Å². The van der Waals surface area contributed by atoms with Crippen molar-refractivity contribution in [3.63, 3.8) is 0 Å². The summed E-state index contributed by atoms with van der Waals surface area (Å²) in [7, 11) is 1.63. The number of benzene rings is 3. The number of amides is 1. The van der Waals surface area contributed by atoms with Crippen molar-refractivity contribution in [1.29, 1.82) is 0 Å². The van der Waals surface area contributed by atoms with Crippen LogP contribution in [-0.2, 0) is 24.1 Å². The van der Waals surface area contributed by atoms with Crippen LogP contribution in [-0.4, -0.2) is 41.1 Å². The number of aryl methyl sites for hydroxylation is 1. The zero-order valence-electron chi connectivity index (χ0n) is 19.4. The van der Waals surface area contributed by atoms with Gasteiger partial charge in [-0.25, -0.2) is 0 Å². The summed E-state index contributed by atoms with van der Waals surface area (Å²) in [4.78, 5) is 19.5. The van der Waals surface area contributed by atoms with E-state index in [1.54, 1.807) is 7.11 Å². The summed E-state index contributed by atoms with van der Waals surface area (Å²) in [5.41, 5.74) is 3.23. The number of rotatable bonds is 11. The van der Waals surface area contributed by atoms with Gasteiger partial charge in [-0.15, -0.1) is 0 Å². The molecule has 3 aromatic carbocycles. The predicted molar refractivity (Wildman–Crippen MR) is 131 cm³/mol. The van der Waals surface area contributed by atoms with Gasteiger partial charge in [0.25, 0.3) is 0 Å². The Labute approximate surface area is 200 Å². The van der Waals surface area contributed by atoms with Crippen LogP contribution in [0.2, 0.25) is 0 Å². The van der Waals surface area contributed by atoms with Gasteiger partial charge in [-0.3, -0.25) is 4.79 Å². The van der Waals surface area contributed by atoms with Gasteiger partial charge in [-0.2, -0.15) is 4.98 Å². The van der Waals surface area contributed by atoms with Crippen molar-refractivity contribution >= 4 is 5.91 Å². The van der Waals surface area contributed by atoms with E-state index < -0.39 is 0 Å². The fourth-order valence-electron chi connectivity index (χ4n) is 3.77. The molecular formula is C28H29N3O3. The number of carbonyl (C=O) groups excluding carboxylic acids is 1. The van der Waals surface area contributed by atoms with Gasteiger partial charge >= 0.3 is 0 Å². The lowest BCUT2D eigenvalue weighted by atomic mass is 10.1. The molecule has 0 aliphatic rings. The number of aromatic nitrogens is 2. The largest absolute Gasteiger partial charge is 0.497 e. The van der Waals surface area contributed by atoms with Crippen molar-refractivity contribution in [2.75, 3.05) is 20.2 Å². The standard InChI is InChI=1S/C28H29N3O3/c1-33-25-15-13-24(14-16-25)28-29-26(34-30-28)19-21-31(20-18-23-10-6-3-7-11-23)27(32)17-12-22-8-4-2-5-9-22/h2-11,13-16H,12,17-21H2,1H3. The van der Waals surface area contributed by atoms with Crippen LogP contribution in [0, 0.1) is 0 Å². The number of methoxy groups -OCH3 is 1. The first kappa shape index (κ1) is 23.2. The van der Waals surface area contributed by atoms with Gasteiger partial charge < -0.3 is 14.2 Å². The van der Waals surface area contributed by atoms with Gasteiger partial charge in [0, 0.05) is 31.5 Å². The van der Waals surface area contributed by atoms with Crippen molar-refractivity contribution in [2.24, 2.45) is 0 Å². The molecule has 6 heteroatoms. The molecule has 34 heavy (non-hydrogen) atoms. The SMILES string of the molecule is COc1ccc(-c2noc(CCN(CCc3ccccc3)C(=O)CCc3ccccc3)n2)cc1. The first-order chi connectivity index (χ1) is 16.7. The van der Waals surface area contributed by atoms with Gasteiger partial charge in [0.15, 0.2) is 0 Å². The lowest BCUT2D eigenvalue weighted by molar-refractivity contribution is -0.131. The van der Waals surface area contributed by atoms with Crippen molar-refractivity contribution in [3.8, 4) is 17.1 Å². The van der Waals surface area contributed by atoms with Gasteiger partial charge in [0.05, 0.1) is 7.11 Å².